The summed E-state index contributed by atoms with van der Waals surface area (Å²) in [5.41, 5.74) is 1.95. The zero-order chi connectivity index (χ0) is 22.1. The normalized spacial score (nSPS) is 18.2. The molecule has 0 atom stereocenters. The maximum Gasteiger partial charge on any atom is 0.227 e. The van der Waals surface area contributed by atoms with Gasteiger partial charge in [0.15, 0.2) is 5.96 Å². The Morgan fingerprint density at radius 2 is 1.91 bits per heavy atom. The summed E-state index contributed by atoms with van der Waals surface area (Å²) in [4.78, 5) is 19.6. The van der Waals surface area contributed by atoms with Crippen molar-refractivity contribution in [2.75, 3.05) is 44.7 Å². The van der Waals surface area contributed by atoms with Crippen molar-refractivity contribution in [3.63, 3.8) is 0 Å². The van der Waals surface area contributed by atoms with Crippen molar-refractivity contribution in [2.45, 2.75) is 58.5 Å². The Morgan fingerprint density at radius 1 is 1.19 bits per heavy atom. The van der Waals surface area contributed by atoms with Crippen molar-refractivity contribution in [2.24, 2.45) is 10.9 Å². The lowest BCUT2D eigenvalue weighted by atomic mass is 10.0. The van der Waals surface area contributed by atoms with Gasteiger partial charge < -0.3 is 20.7 Å². The lowest BCUT2D eigenvalue weighted by Gasteiger charge is -2.41. The standard InChI is InChI=1S/C24H39N5O2.HI/c1-4-25-23(27-18-24(2,3)29-12-14-31-15-13-29)26-17-19-8-7-11-21(16-19)28-22(30)20-9-5-6-10-20;/h7-8,11,16,20H,4-6,9-10,12-15,17-18H2,1-3H3,(H,28,30)(H2,25,26,27);1H. The van der Waals surface area contributed by atoms with E-state index in [1.807, 2.05) is 18.2 Å². The van der Waals surface area contributed by atoms with E-state index in [4.69, 9.17) is 9.73 Å². The summed E-state index contributed by atoms with van der Waals surface area (Å²) < 4.78 is 5.48. The minimum atomic E-state index is 0. The van der Waals surface area contributed by atoms with Crippen molar-refractivity contribution in [3.8, 4) is 0 Å². The van der Waals surface area contributed by atoms with Crippen LogP contribution in [0.3, 0.4) is 0 Å². The third-order valence-electron chi connectivity index (χ3n) is 6.24. The fourth-order valence-electron chi connectivity index (χ4n) is 4.27. The Kier molecular flexibility index (Phi) is 11.2. The lowest BCUT2D eigenvalue weighted by molar-refractivity contribution is -0.119. The van der Waals surface area contributed by atoms with Gasteiger partial charge in [0.25, 0.3) is 0 Å². The molecule has 0 unspecified atom stereocenters. The van der Waals surface area contributed by atoms with Crippen LogP contribution in [0.1, 0.15) is 52.0 Å². The van der Waals surface area contributed by atoms with Crippen molar-refractivity contribution < 1.29 is 9.53 Å². The molecule has 1 heterocycles. The van der Waals surface area contributed by atoms with Crippen LogP contribution in [0.4, 0.5) is 5.69 Å². The molecular weight excluding hydrogens is 517 g/mol. The second-order valence-corrected chi connectivity index (χ2v) is 9.13. The molecule has 2 aliphatic rings. The molecule has 8 heteroatoms. The fourth-order valence-corrected chi connectivity index (χ4v) is 4.27. The Hall–Kier alpha value is -1.39. The van der Waals surface area contributed by atoms with Crippen molar-refractivity contribution in [1.82, 2.24) is 15.5 Å². The summed E-state index contributed by atoms with van der Waals surface area (Å²) in [6, 6.07) is 8.01. The first-order chi connectivity index (χ1) is 15.0. The number of anilines is 1. The van der Waals surface area contributed by atoms with Gasteiger partial charge in [0, 0.05) is 43.3 Å². The number of amides is 1. The fraction of sp³-hybridized carbons (Fsp3) is 0.667. The molecule has 0 bridgehead atoms. The molecule has 1 aliphatic carbocycles. The smallest absolute Gasteiger partial charge is 0.227 e. The molecule has 0 spiro atoms. The first kappa shape index (κ1) is 26.9. The Labute approximate surface area is 210 Å². The number of guanidine groups is 1. The number of hydrogen-bond donors (Lipinski definition) is 3. The van der Waals surface area contributed by atoms with Crippen LogP contribution in [0.5, 0.6) is 0 Å². The SMILES string of the molecule is CCNC(=NCc1cccc(NC(=O)C2CCCC2)c1)NCC(C)(C)N1CCOCC1.I. The number of hydrogen-bond acceptors (Lipinski definition) is 4. The predicted octanol–water partition coefficient (Wildman–Crippen LogP) is 3.60. The van der Waals surface area contributed by atoms with E-state index in [2.05, 4.69) is 47.7 Å². The monoisotopic (exact) mass is 557 g/mol. The van der Waals surface area contributed by atoms with Gasteiger partial charge in [-0.25, -0.2) is 4.99 Å². The van der Waals surface area contributed by atoms with Crippen LogP contribution in [0.15, 0.2) is 29.3 Å². The van der Waals surface area contributed by atoms with Gasteiger partial charge in [-0.1, -0.05) is 25.0 Å². The van der Waals surface area contributed by atoms with Gasteiger partial charge in [-0.3, -0.25) is 9.69 Å². The van der Waals surface area contributed by atoms with Crippen LogP contribution < -0.4 is 16.0 Å². The summed E-state index contributed by atoms with van der Waals surface area (Å²) in [5, 5.41) is 9.92. The molecule has 0 radical (unpaired) electrons. The zero-order valence-electron chi connectivity index (χ0n) is 19.8. The highest BCUT2D eigenvalue weighted by molar-refractivity contribution is 14.0. The van der Waals surface area contributed by atoms with Crippen molar-refractivity contribution in [1.29, 1.82) is 0 Å². The maximum absolute atomic E-state index is 12.4. The molecule has 3 N–H and O–H groups in total. The van der Waals surface area contributed by atoms with Gasteiger partial charge in [0.05, 0.1) is 19.8 Å². The van der Waals surface area contributed by atoms with E-state index in [-0.39, 0.29) is 41.3 Å². The highest BCUT2D eigenvalue weighted by atomic mass is 127. The molecular formula is C24H40IN5O2. The number of ether oxygens (including phenoxy) is 1. The topological polar surface area (TPSA) is 78.0 Å². The molecule has 0 aromatic heterocycles. The molecule has 1 amide bonds. The first-order valence-electron chi connectivity index (χ1n) is 11.7. The van der Waals surface area contributed by atoms with Crippen LogP contribution in [-0.2, 0) is 16.1 Å². The second kappa shape index (κ2) is 13.3. The molecule has 32 heavy (non-hydrogen) atoms. The largest absolute Gasteiger partial charge is 0.379 e. The Balaban J connectivity index is 0.00000363. The van der Waals surface area contributed by atoms with Crippen LogP contribution in [0.2, 0.25) is 0 Å². The summed E-state index contributed by atoms with van der Waals surface area (Å²) in [6.07, 6.45) is 4.34. The average Bonchev–Trinajstić information content (AvgIpc) is 3.32. The van der Waals surface area contributed by atoms with Crippen LogP contribution in [0.25, 0.3) is 0 Å². The van der Waals surface area contributed by atoms with E-state index < -0.39 is 0 Å². The summed E-state index contributed by atoms with van der Waals surface area (Å²) in [5.74, 6) is 1.13. The average molecular weight is 558 g/mol. The van der Waals surface area contributed by atoms with Gasteiger partial charge in [0.1, 0.15) is 0 Å². The van der Waals surface area contributed by atoms with Gasteiger partial charge >= 0.3 is 0 Å². The lowest BCUT2D eigenvalue weighted by Crippen LogP contribution is -2.56. The number of morpholine rings is 1. The van der Waals surface area contributed by atoms with Gasteiger partial charge in [-0.15, -0.1) is 24.0 Å². The number of nitrogens with zero attached hydrogens (tertiary/aromatic N) is 2. The molecule has 1 aromatic carbocycles. The number of carbonyl (C=O) groups excluding carboxylic acids is 1. The predicted molar refractivity (Wildman–Crippen MR) is 142 cm³/mol. The van der Waals surface area contributed by atoms with Crippen LogP contribution >= 0.6 is 24.0 Å². The third-order valence-corrected chi connectivity index (χ3v) is 6.24. The van der Waals surface area contributed by atoms with Crippen molar-refractivity contribution >= 4 is 41.5 Å². The van der Waals surface area contributed by atoms with E-state index in [1.54, 1.807) is 0 Å². The van der Waals surface area contributed by atoms with E-state index >= 15 is 0 Å². The maximum atomic E-state index is 12.4. The molecule has 1 saturated heterocycles. The second-order valence-electron chi connectivity index (χ2n) is 9.13. The first-order valence-corrected chi connectivity index (χ1v) is 11.7. The minimum absolute atomic E-state index is 0. The van der Waals surface area contributed by atoms with E-state index in [0.717, 1.165) is 82.3 Å². The third kappa shape index (κ3) is 8.19. The number of halogens is 1. The van der Waals surface area contributed by atoms with Crippen LogP contribution in [0, 0.1) is 5.92 Å². The molecule has 1 saturated carbocycles. The number of rotatable bonds is 8. The highest BCUT2D eigenvalue weighted by Gasteiger charge is 2.28. The molecule has 3 rings (SSSR count). The quantitative estimate of drug-likeness (QED) is 0.259. The van der Waals surface area contributed by atoms with Gasteiger partial charge in [-0.2, -0.15) is 0 Å². The summed E-state index contributed by atoms with van der Waals surface area (Å²) in [7, 11) is 0. The zero-order valence-corrected chi connectivity index (χ0v) is 22.1. The molecule has 7 nitrogen and oxygen atoms in total. The van der Waals surface area contributed by atoms with Gasteiger partial charge in [0.2, 0.25) is 5.91 Å². The summed E-state index contributed by atoms with van der Waals surface area (Å²) in [6.45, 7) is 12.3. The number of carbonyl (C=O) groups is 1. The number of aliphatic imine (C=N–C) groups is 1. The van der Waals surface area contributed by atoms with Crippen LogP contribution in [-0.4, -0.2) is 61.7 Å². The van der Waals surface area contributed by atoms with E-state index in [0.29, 0.717) is 6.54 Å². The molecule has 180 valence electrons. The Morgan fingerprint density at radius 3 is 2.59 bits per heavy atom. The van der Waals surface area contributed by atoms with Gasteiger partial charge in [-0.05, 0) is 51.3 Å². The van der Waals surface area contributed by atoms with Crippen molar-refractivity contribution in [3.05, 3.63) is 29.8 Å². The molecule has 2 fully saturated rings. The molecule has 1 aliphatic heterocycles. The minimum Gasteiger partial charge on any atom is -0.379 e. The highest BCUT2D eigenvalue weighted by Crippen LogP contribution is 2.26. The number of nitrogens with one attached hydrogen (secondary N) is 3. The van der Waals surface area contributed by atoms with E-state index in [9.17, 15) is 4.79 Å². The summed E-state index contributed by atoms with van der Waals surface area (Å²) >= 11 is 0. The number of benzene rings is 1. The Bertz CT molecular complexity index is 744. The molecule has 1 aromatic rings. The van der Waals surface area contributed by atoms with E-state index in [1.165, 1.54) is 0 Å².